The number of hydrogen-bond acceptors (Lipinski definition) is 2. The molecule has 1 aliphatic heterocycles. The Morgan fingerprint density at radius 1 is 1.50 bits per heavy atom. The first kappa shape index (κ1) is 9.38. The van der Waals surface area contributed by atoms with Gasteiger partial charge in [-0.15, -0.1) is 0 Å². The Kier molecular flexibility index (Phi) is 1.95. The number of para-hydroxylation sites is 1. The van der Waals surface area contributed by atoms with Crippen LogP contribution < -0.4 is 4.74 Å². The highest BCUT2D eigenvalue weighted by Gasteiger charge is 2.41. The van der Waals surface area contributed by atoms with Crippen molar-refractivity contribution in [1.82, 2.24) is 0 Å². The van der Waals surface area contributed by atoms with Gasteiger partial charge in [0.1, 0.15) is 5.60 Å². The highest BCUT2D eigenvalue weighted by atomic mass is 16.5. The van der Waals surface area contributed by atoms with E-state index in [4.69, 9.17) is 4.74 Å². The van der Waals surface area contributed by atoms with Crippen LogP contribution in [0.2, 0.25) is 0 Å². The van der Waals surface area contributed by atoms with Gasteiger partial charge in [-0.2, -0.15) is 0 Å². The molecule has 1 aliphatic rings. The normalized spacial score (nSPS) is 29.8. The van der Waals surface area contributed by atoms with Crippen LogP contribution in [0.25, 0.3) is 0 Å². The molecule has 1 heterocycles. The van der Waals surface area contributed by atoms with E-state index in [1.54, 1.807) is 6.07 Å². The molecule has 2 rings (SSSR count). The molecule has 76 valence electrons. The maximum atomic E-state index is 9.65. The van der Waals surface area contributed by atoms with Gasteiger partial charge in [-0.1, -0.05) is 26.0 Å². The fourth-order valence-corrected chi connectivity index (χ4v) is 2.02. The van der Waals surface area contributed by atoms with Crippen molar-refractivity contribution in [2.45, 2.75) is 38.7 Å². The molecule has 2 unspecified atom stereocenters. The zero-order chi connectivity index (χ0) is 10.3. The molecule has 0 amide bonds. The van der Waals surface area contributed by atoms with Crippen molar-refractivity contribution in [2.24, 2.45) is 0 Å². The molecule has 2 atom stereocenters. The largest absolute Gasteiger partial charge is 0.504 e. The van der Waals surface area contributed by atoms with E-state index >= 15 is 0 Å². The lowest BCUT2D eigenvalue weighted by Crippen LogP contribution is -2.31. The number of ether oxygens (including phenoxy) is 1. The molecule has 0 radical (unpaired) electrons. The Morgan fingerprint density at radius 3 is 2.79 bits per heavy atom. The number of hydrogen-bond donors (Lipinski definition) is 1. The summed E-state index contributed by atoms with van der Waals surface area (Å²) in [5.41, 5.74) is 0.954. The number of rotatable bonds is 1. The summed E-state index contributed by atoms with van der Waals surface area (Å²) in [4.78, 5) is 0. The van der Waals surface area contributed by atoms with Gasteiger partial charge in [0.15, 0.2) is 11.5 Å². The number of benzene rings is 1. The van der Waals surface area contributed by atoms with Crippen molar-refractivity contribution in [3.8, 4) is 11.5 Å². The molecule has 14 heavy (non-hydrogen) atoms. The third kappa shape index (κ3) is 1.10. The van der Waals surface area contributed by atoms with Crippen LogP contribution >= 0.6 is 0 Å². The average Bonchev–Trinajstić information content (AvgIpc) is 2.44. The topological polar surface area (TPSA) is 29.5 Å². The highest BCUT2D eigenvalue weighted by Crippen LogP contribution is 2.49. The second-order valence-electron chi connectivity index (χ2n) is 4.19. The standard InChI is InChI=1S/C12H16O2/c1-4-12(3)8(2)9-6-5-7-10(13)11(9)14-12/h5-8,13H,4H2,1-3H3. The molecule has 1 N–H and O–H groups in total. The van der Waals surface area contributed by atoms with Crippen molar-refractivity contribution in [1.29, 1.82) is 0 Å². The minimum atomic E-state index is -0.166. The van der Waals surface area contributed by atoms with Crippen molar-refractivity contribution in [3.05, 3.63) is 23.8 Å². The van der Waals surface area contributed by atoms with Crippen molar-refractivity contribution in [3.63, 3.8) is 0 Å². The molecule has 0 aromatic heterocycles. The van der Waals surface area contributed by atoms with E-state index in [-0.39, 0.29) is 11.4 Å². The zero-order valence-corrected chi connectivity index (χ0v) is 8.87. The van der Waals surface area contributed by atoms with Gasteiger partial charge in [-0.3, -0.25) is 0 Å². The molecular formula is C12H16O2. The number of aromatic hydroxyl groups is 1. The van der Waals surface area contributed by atoms with Crippen molar-refractivity contribution < 1.29 is 9.84 Å². The molecule has 0 aliphatic carbocycles. The molecular weight excluding hydrogens is 176 g/mol. The third-order valence-corrected chi connectivity index (χ3v) is 3.44. The summed E-state index contributed by atoms with van der Waals surface area (Å²) in [6, 6.07) is 5.57. The van der Waals surface area contributed by atoms with Crippen LogP contribution in [0.3, 0.4) is 0 Å². The molecule has 0 spiro atoms. The zero-order valence-electron chi connectivity index (χ0n) is 8.87. The summed E-state index contributed by atoms with van der Waals surface area (Å²) in [5.74, 6) is 1.27. The lowest BCUT2D eigenvalue weighted by Gasteiger charge is -2.26. The van der Waals surface area contributed by atoms with E-state index in [9.17, 15) is 5.11 Å². The number of fused-ring (bicyclic) bond motifs is 1. The lowest BCUT2D eigenvalue weighted by atomic mass is 9.85. The maximum absolute atomic E-state index is 9.65. The number of phenolic OH excluding ortho intramolecular Hbond substituents is 1. The van der Waals surface area contributed by atoms with Crippen molar-refractivity contribution >= 4 is 0 Å². The molecule has 2 nitrogen and oxygen atoms in total. The Balaban J connectivity index is 2.50. The van der Waals surface area contributed by atoms with Crippen LogP contribution in [-0.2, 0) is 0 Å². The quantitative estimate of drug-likeness (QED) is 0.741. The summed E-state index contributed by atoms with van der Waals surface area (Å²) >= 11 is 0. The predicted octanol–water partition coefficient (Wildman–Crippen LogP) is 3.06. The van der Waals surface area contributed by atoms with E-state index in [2.05, 4.69) is 20.8 Å². The van der Waals surface area contributed by atoms with Crippen molar-refractivity contribution in [2.75, 3.05) is 0 Å². The van der Waals surface area contributed by atoms with Gasteiger partial charge in [0.05, 0.1) is 0 Å². The molecule has 2 heteroatoms. The smallest absolute Gasteiger partial charge is 0.165 e. The third-order valence-electron chi connectivity index (χ3n) is 3.44. The van der Waals surface area contributed by atoms with E-state index in [1.165, 1.54) is 0 Å². The van der Waals surface area contributed by atoms with Crippen LogP contribution in [0, 0.1) is 0 Å². The summed E-state index contributed by atoms with van der Waals surface area (Å²) < 4.78 is 5.84. The summed E-state index contributed by atoms with van der Waals surface area (Å²) in [7, 11) is 0. The average molecular weight is 192 g/mol. The van der Waals surface area contributed by atoms with Gasteiger partial charge in [0, 0.05) is 11.5 Å². The summed E-state index contributed by atoms with van der Waals surface area (Å²) in [5, 5.41) is 9.65. The van der Waals surface area contributed by atoms with Crippen LogP contribution in [-0.4, -0.2) is 10.7 Å². The minimum absolute atomic E-state index is 0.166. The maximum Gasteiger partial charge on any atom is 0.165 e. The Morgan fingerprint density at radius 2 is 2.21 bits per heavy atom. The minimum Gasteiger partial charge on any atom is -0.504 e. The van der Waals surface area contributed by atoms with Gasteiger partial charge in [0.25, 0.3) is 0 Å². The summed E-state index contributed by atoms with van der Waals surface area (Å²) in [6.45, 7) is 6.35. The molecule has 1 aromatic carbocycles. The predicted molar refractivity (Wildman–Crippen MR) is 55.8 cm³/mol. The first-order valence-corrected chi connectivity index (χ1v) is 5.09. The van der Waals surface area contributed by atoms with Crippen LogP contribution in [0.15, 0.2) is 18.2 Å². The van der Waals surface area contributed by atoms with Gasteiger partial charge >= 0.3 is 0 Å². The first-order chi connectivity index (χ1) is 6.58. The van der Waals surface area contributed by atoms with Gasteiger partial charge in [-0.05, 0) is 19.4 Å². The van der Waals surface area contributed by atoms with Crippen LogP contribution in [0.5, 0.6) is 11.5 Å². The molecule has 0 saturated heterocycles. The van der Waals surface area contributed by atoms with E-state index in [0.717, 1.165) is 12.0 Å². The fraction of sp³-hybridized carbons (Fsp3) is 0.500. The Hall–Kier alpha value is -1.18. The van der Waals surface area contributed by atoms with Gasteiger partial charge < -0.3 is 9.84 Å². The fourth-order valence-electron chi connectivity index (χ4n) is 2.02. The van der Waals surface area contributed by atoms with E-state index < -0.39 is 0 Å². The Bertz CT molecular complexity index is 359. The number of phenols is 1. The highest BCUT2D eigenvalue weighted by molar-refractivity contribution is 5.51. The molecule has 0 bridgehead atoms. The molecule has 0 saturated carbocycles. The Labute approximate surface area is 84.5 Å². The van der Waals surface area contributed by atoms with E-state index in [0.29, 0.717) is 11.7 Å². The second-order valence-corrected chi connectivity index (χ2v) is 4.19. The van der Waals surface area contributed by atoms with E-state index in [1.807, 2.05) is 12.1 Å². The SMILES string of the molecule is CCC1(C)Oc2c(O)cccc2C1C. The first-order valence-electron chi connectivity index (χ1n) is 5.09. The summed E-state index contributed by atoms with van der Waals surface area (Å²) in [6.07, 6.45) is 0.947. The van der Waals surface area contributed by atoms with Gasteiger partial charge in [-0.25, -0.2) is 0 Å². The van der Waals surface area contributed by atoms with Crippen LogP contribution in [0.4, 0.5) is 0 Å². The molecule has 0 fully saturated rings. The lowest BCUT2D eigenvalue weighted by molar-refractivity contribution is 0.0868. The van der Waals surface area contributed by atoms with Gasteiger partial charge in [0.2, 0.25) is 0 Å². The van der Waals surface area contributed by atoms with Crippen LogP contribution in [0.1, 0.15) is 38.7 Å². The molecule has 1 aromatic rings. The monoisotopic (exact) mass is 192 g/mol. The second kappa shape index (κ2) is 2.91.